The van der Waals surface area contributed by atoms with E-state index >= 15 is 0 Å². The number of rotatable bonds is 7. The molecule has 9 nitrogen and oxygen atoms in total. The number of carbonyl (C=O) groups is 3. The van der Waals surface area contributed by atoms with Crippen molar-refractivity contribution in [3.8, 4) is 0 Å². The van der Waals surface area contributed by atoms with E-state index in [-0.39, 0.29) is 23.2 Å². The molecule has 1 aliphatic carbocycles. The molecule has 0 bridgehead atoms. The number of hydrogen-bond acceptors (Lipinski definition) is 6. The zero-order chi connectivity index (χ0) is 20.0. The molecule has 0 heterocycles. The van der Waals surface area contributed by atoms with E-state index in [4.69, 9.17) is 4.74 Å². The van der Waals surface area contributed by atoms with Crippen LogP contribution >= 0.6 is 0 Å². The number of nitro groups is 1. The zero-order valence-corrected chi connectivity index (χ0v) is 15.3. The van der Waals surface area contributed by atoms with E-state index in [2.05, 4.69) is 10.6 Å². The van der Waals surface area contributed by atoms with Crippen molar-refractivity contribution < 1.29 is 24.0 Å². The third kappa shape index (κ3) is 5.77. The number of ether oxygens (including phenoxy) is 1. The second-order valence-corrected chi connectivity index (χ2v) is 6.57. The molecule has 2 amide bonds. The van der Waals surface area contributed by atoms with Gasteiger partial charge in [0.1, 0.15) is 6.04 Å². The summed E-state index contributed by atoms with van der Waals surface area (Å²) >= 11 is 0. The Morgan fingerprint density at radius 2 is 1.89 bits per heavy atom. The van der Waals surface area contributed by atoms with Crippen LogP contribution in [0.15, 0.2) is 24.3 Å². The largest absolute Gasteiger partial charge is 0.451 e. The summed E-state index contributed by atoms with van der Waals surface area (Å²) in [7, 11) is 0. The maximum absolute atomic E-state index is 12.2. The van der Waals surface area contributed by atoms with Crippen LogP contribution in [-0.2, 0) is 14.3 Å². The lowest BCUT2D eigenvalue weighted by molar-refractivity contribution is -0.384. The number of benzene rings is 1. The van der Waals surface area contributed by atoms with Crippen molar-refractivity contribution in [3.05, 3.63) is 39.9 Å². The van der Waals surface area contributed by atoms with Gasteiger partial charge in [-0.2, -0.15) is 0 Å². The second-order valence-electron chi connectivity index (χ2n) is 6.57. The molecule has 2 N–H and O–H groups in total. The Morgan fingerprint density at radius 1 is 1.22 bits per heavy atom. The molecule has 0 radical (unpaired) electrons. The zero-order valence-electron chi connectivity index (χ0n) is 15.3. The number of amides is 2. The lowest BCUT2D eigenvalue weighted by Gasteiger charge is -2.19. The van der Waals surface area contributed by atoms with Gasteiger partial charge in [0.2, 0.25) is 0 Å². The molecular formula is C18H23N3O6. The molecule has 1 aromatic rings. The highest BCUT2D eigenvalue weighted by atomic mass is 16.6. The Kier molecular flexibility index (Phi) is 6.86. The average Bonchev–Trinajstić information content (AvgIpc) is 3.14. The van der Waals surface area contributed by atoms with Crippen LogP contribution in [0.2, 0.25) is 0 Å². The lowest BCUT2D eigenvalue weighted by Crippen LogP contribution is -2.45. The summed E-state index contributed by atoms with van der Waals surface area (Å²) in [6.07, 6.45) is 3.00. The molecule has 0 saturated heterocycles. The van der Waals surface area contributed by atoms with Gasteiger partial charge in [-0.25, -0.2) is 4.79 Å². The standard InChI is InChI=1S/C18H23N3O6/c1-11(19-17(23)13-6-5-9-15(10-13)21(25)26)18(24)27-12(2)16(22)20-14-7-3-4-8-14/h5-6,9-12,14H,3-4,7-8H2,1-2H3,(H,19,23)(H,20,22)/t11-,12+/m0/s1. The van der Waals surface area contributed by atoms with E-state index in [1.165, 1.54) is 32.0 Å². The number of esters is 1. The first-order chi connectivity index (χ1) is 12.8. The monoisotopic (exact) mass is 377 g/mol. The van der Waals surface area contributed by atoms with E-state index in [1.54, 1.807) is 0 Å². The Bertz CT molecular complexity index is 730. The second kappa shape index (κ2) is 9.11. The van der Waals surface area contributed by atoms with Crippen molar-refractivity contribution in [1.82, 2.24) is 10.6 Å². The Hall–Kier alpha value is -2.97. The van der Waals surface area contributed by atoms with Crippen LogP contribution in [0.25, 0.3) is 0 Å². The predicted octanol–water partition coefficient (Wildman–Crippen LogP) is 1.70. The van der Waals surface area contributed by atoms with Crippen molar-refractivity contribution >= 4 is 23.5 Å². The topological polar surface area (TPSA) is 128 Å². The van der Waals surface area contributed by atoms with E-state index in [1.807, 2.05) is 0 Å². The van der Waals surface area contributed by atoms with Crippen LogP contribution in [0.3, 0.4) is 0 Å². The van der Waals surface area contributed by atoms with Crippen molar-refractivity contribution in [2.75, 3.05) is 0 Å². The number of hydrogen-bond donors (Lipinski definition) is 2. The van der Waals surface area contributed by atoms with Gasteiger partial charge in [0.05, 0.1) is 4.92 Å². The highest BCUT2D eigenvalue weighted by molar-refractivity contribution is 5.97. The van der Waals surface area contributed by atoms with Gasteiger partial charge in [0.15, 0.2) is 6.10 Å². The fraction of sp³-hybridized carbons (Fsp3) is 0.500. The number of non-ortho nitro benzene ring substituents is 1. The molecule has 2 atom stereocenters. The summed E-state index contributed by atoms with van der Waals surface area (Å²) in [6, 6.07) is 4.26. The van der Waals surface area contributed by atoms with Crippen molar-refractivity contribution in [3.63, 3.8) is 0 Å². The van der Waals surface area contributed by atoms with Crippen LogP contribution < -0.4 is 10.6 Å². The highest BCUT2D eigenvalue weighted by Crippen LogP contribution is 2.18. The third-order valence-corrected chi connectivity index (χ3v) is 4.38. The van der Waals surface area contributed by atoms with Crippen LogP contribution in [0.4, 0.5) is 5.69 Å². The quantitative estimate of drug-likeness (QED) is 0.423. The normalized spacial score (nSPS) is 16.2. The molecule has 1 aromatic carbocycles. The minimum atomic E-state index is -1.02. The first-order valence-electron chi connectivity index (χ1n) is 8.84. The van der Waals surface area contributed by atoms with E-state index in [0.29, 0.717) is 0 Å². The fourth-order valence-electron chi connectivity index (χ4n) is 2.82. The fourth-order valence-corrected chi connectivity index (χ4v) is 2.82. The molecule has 0 aromatic heterocycles. The average molecular weight is 377 g/mol. The smallest absolute Gasteiger partial charge is 0.329 e. The molecule has 27 heavy (non-hydrogen) atoms. The molecule has 0 aliphatic heterocycles. The van der Waals surface area contributed by atoms with E-state index < -0.39 is 28.9 Å². The minimum Gasteiger partial charge on any atom is -0.451 e. The molecule has 1 aliphatic rings. The maximum atomic E-state index is 12.2. The molecule has 1 saturated carbocycles. The van der Waals surface area contributed by atoms with Crippen molar-refractivity contribution in [2.24, 2.45) is 0 Å². The molecule has 9 heteroatoms. The van der Waals surface area contributed by atoms with Gasteiger partial charge in [-0.1, -0.05) is 18.9 Å². The SMILES string of the molecule is C[C@H](NC(=O)c1cccc([N+](=O)[O-])c1)C(=O)O[C@H](C)C(=O)NC1CCCC1. The summed E-state index contributed by atoms with van der Waals surface area (Å²) in [5.74, 6) is -1.78. The van der Waals surface area contributed by atoms with Gasteiger partial charge < -0.3 is 15.4 Å². The van der Waals surface area contributed by atoms with Gasteiger partial charge in [0, 0.05) is 23.7 Å². The minimum absolute atomic E-state index is 0.0517. The highest BCUT2D eigenvalue weighted by Gasteiger charge is 2.26. The summed E-state index contributed by atoms with van der Waals surface area (Å²) in [5.41, 5.74) is -0.175. The molecule has 1 fully saturated rings. The van der Waals surface area contributed by atoms with Crippen LogP contribution in [0, 0.1) is 10.1 Å². The van der Waals surface area contributed by atoms with Gasteiger partial charge >= 0.3 is 5.97 Å². The van der Waals surface area contributed by atoms with Crippen LogP contribution in [0.1, 0.15) is 49.9 Å². The van der Waals surface area contributed by atoms with Crippen molar-refractivity contribution in [2.45, 2.75) is 57.7 Å². The lowest BCUT2D eigenvalue weighted by atomic mass is 10.2. The summed E-state index contributed by atoms with van der Waals surface area (Å²) in [5, 5.41) is 16.0. The number of carbonyl (C=O) groups excluding carboxylic acids is 3. The number of nitrogens with one attached hydrogen (secondary N) is 2. The first-order valence-corrected chi connectivity index (χ1v) is 8.84. The Balaban J connectivity index is 1.86. The first kappa shape index (κ1) is 20.3. The Morgan fingerprint density at radius 3 is 2.52 bits per heavy atom. The van der Waals surface area contributed by atoms with E-state index in [0.717, 1.165) is 31.7 Å². The van der Waals surface area contributed by atoms with Crippen LogP contribution in [-0.4, -0.2) is 40.9 Å². The molecule has 0 unspecified atom stereocenters. The summed E-state index contributed by atoms with van der Waals surface area (Å²) < 4.78 is 5.11. The molecule has 146 valence electrons. The molecule has 0 spiro atoms. The maximum Gasteiger partial charge on any atom is 0.329 e. The summed E-state index contributed by atoms with van der Waals surface area (Å²) in [6.45, 7) is 2.89. The number of nitro benzene ring substituents is 1. The third-order valence-electron chi connectivity index (χ3n) is 4.38. The van der Waals surface area contributed by atoms with Gasteiger partial charge in [0.25, 0.3) is 17.5 Å². The number of nitrogens with zero attached hydrogens (tertiary/aromatic N) is 1. The predicted molar refractivity (Wildman–Crippen MR) is 96.0 cm³/mol. The molecule has 2 rings (SSSR count). The van der Waals surface area contributed by atoms with Gasteiger partial charge in [-0.05, 0) is 32.8 Å². The van der Waals surface area contributed by atoms with Crippen molar-refractivity contribution in [1.29, 1.82) is 0 Å². The van der Waals surface area contributed by atoms with E-state index in [9.17, 15) is 24.5 Å². The van der Waals surface area contributed by atoms with Crippen LogP contribution in [0.5, 0.6) is 0 Å². The Labute approximate surface area is 156 Å². The van der Waals surface area contributed by atoms with Gasteiger partial charge in [-0.15, -0.1) is 0 Å². The van der Waals surface area contributed by atoms with Gasteiger partial charge in [-0.3, -0.25) is 19.7 Å². The molecular weight excluding hydrogens is 354 g/mol. The summed E-state index contributed by atoms with van der Waals surface area (Å²) in [4.78, 5) is 46.5.